The number of rotatable bonds is 19. The second-order valence-electron chi connectivity index (χ2n) is 17.7. The maximum Gasteiger partial charge on any atom is 0.293 e. The molecule has 3 fully saturated rings. The van der Waals surface area contributed by atoms with Crippen molar-refractivity contribution >= 4 is 46.2 Å². The highest BCUT2D eigenvalue weighted by Gasteiger charge is 2.41. The minimum absolute atomic E-state index is 0.0401. The third-order valence-electron chi connectivity index (χ3n) is 12.6. The molecule has 2 saturated heterocycles. The summed E-state index contributed by atoms with van der Waals surface area (Å²) in [5, 5.41) is 8.68. The van der Waals surface area contributed by atoms with Crippen molar-refractivity contribution in [3.8, 4) is 22.5 Å². The summed E-state index contributed by atoms with van der Waals surface area (Å²) in [7, 11) is 3.47. The van der Waals surface area contributed by atoms with Crippen LogP contribution in [0.25, 0.3) is 33.4 Å². The zero-order valence-corrected chi connectivity index (χ0v) is 37.8. The number of hydrazine groups is 1. The first kappa shape index (κ1) is 44.6. The molecule has 2 aliphatic heterocycles. The Labute approximate surface area is 364 Å². The van der Waals surface area contributed by atoms with Gasteiger partial charge in [-0.2, -0.15) is 0 Å². The van der Waals surface area contributed by atoms with E-state index in [2.05, 4.69) is 77.1 Å². The summed E-state index contributed by atoms with van der Waals surface area (Å²) in [5.74, 6) is 0.120. The summed E-state index contributed by atoms with van der Waals surface area (Å²) in [6, 6.07) is 8.10. The van der Waals surface area contributed by atoms with Gasteiger partial charge in [-0.25, -0.2) is 10.4 Å². The van der Waals surface area contributed by atoms with Crippen molar-refractivity contribution in [1.29, 1.82) is 0 Å². The van der Waals surface area contributed by atoms with Crippen molar-refractivity contribution in [2.24, 2.45) is 17.3 Å². The van der Waals surface area contributed by atoms with E-state index in [1.54, 1.807) is 19.2 Å². The van der Waals surface area contributed by atoms with Crippen LogP contribution in [-0.2, 0) is 48.0 Å². The van der Waals surface area contributed by atoms with Crippen LogP contribution in [0, 0.1) is 17.3 Å². The molecule has 7 rings (SSSR count). The van der Waals surface area contributed by atoms with E-state index >= 15 is 0 Å². The van der Waals surface area contributed by atoms with E-state index in [-0.39, 0.29) is 30.4 Å². The molecule has 4 aromatic rings. The van der Waals surface area contributed by atoms with Crippen molar-refractivity contribution in [2.45, 2.75) is 85.4 Å². The van der Waals surface area contributed by atoms with E-state index < -0.39 is 11.5 Å². The highest BCUT2D eigenvalue weighted by atomic mass is 32.1. The Morgan fingerprint density at radius 2 is 1.90 bits per heavy atom. The molecule has 3 aromatic heterocycles. The lowest BCUT2D eigenvalue weighted by Crippen LogP contribution is -2.56. The zero-order valence-electron chi connectivity index (χ0n) is 37.0. The number of thiazole rings is 1. The average Bonchev–Trinajstić information content (AvgIpc) is 3.70. The summed E-state index contributed by atoms with van der Waals surface area (Å²) < 4.78 is 19.1. The molecule has 0 spiro atoms. The van der Waals surface area contributed by atoms with Crippen molar-refractivity contribution in [2.75, 3.05) is 78.1 Å². The number of nitrogens with zero attached hydrogens (tertiary/aromatic N) is 6. The molecule has 330 valence electrons. The zero-order chi connectivity index (χ0) is 43.3. The van der Waals surface area contributed by atoms with Crippen LogP contribution in [0.2, 0.25) is 0 Å². The van der Waals surface area contributed by atoms with Crippen LogP contribution < -0.4 is 15.6 Å². The maximum atomic E-state index is 13.8. The first-order chi connectivity index (χ1) is 29.4. The number of hydrogen-bond acceptors (Lipinski definition) is 12. The number of pyridine rings is 1. The molecule has 2 amide bonds. The molecule has 4 atom stereocenters. The summed E-state index contributed by atoms with van der Waals surface area (Å²) in [6.07, 6.45) is 5.45. The Morgan fingerprint density at radius 3 is 2.57 bits per heavy atom. The van der Waals surface area contributed by atoms with Gasteiger partial charge in [0.15, 0.2) is 0 Å². The molecule has 0 radical (unpaired) electrons. The number of methoxy groups -OCH3 is 2. The first-order valence-electron chi connectivity index (χ1n) is 21.9. The highest BCUT2D eigenvalue weighted by molar-refractivity contribution is 7.10. The van der Waals surface area contributed by atoms with Crippen LogP contribution in [0.15, 0.2) is 35.8 Å². The van der Waals surface area contributed by atoms with Crippen molar-refractivity contribution in [3.63, 3.8) is 0 Å². The Balaban J connectivity index is 1.27. The number of piperazine rings is 1. The molecule has 2 N–H and O–H groups in total. The summed E-state index contributed by atoms with van der Waals surface area (Å²) in [6.45, 7) is 18.7. The SMILES string of the molecule is CCn1c(-c2cc(N3CCN(CCOC)CC3)cnc2[C@H](C)OC)c(CC(C)(C)COC=O)c2cc(-c3csc(CC(NC(=O)[C@H]4C[C@@H]4C)C(=O)N4CCCCN4)n3)ccc21. The molecule has 14 nitrogen and oxygen atoms in total. The number of hydrogen-bond donors (Lipinski definition) is 2. The Morgan fingerprint density at radius 1 is 1.11 bits per heavy atom. The topological polar surface area (TPSA) is 143 Å². The van der Waals surface area contributed by atoms with Crippen LogP contribution in [0.5, 0.6) is 0 Å². The lowest BCUT2D eigenvalue weighted by molar-refractivity contribution is -0.140. The minimum atomic E-state index is -0.705. The van der Waals surface area contributed by atoms with Gasteiger partial charge in [0.1, 0.15) is 6.04 Å². The molecule has 61 heavy (non-hydrogen) atoms. The summed E-state index contributed by atoms with van der Waals surface area (Å²) >= 11 is 1.51. The molecular weight excluding hydrogens is 793 g/mol. The van der Waals surface area contributed by atoms with E-state index in [0.29, 0.717) is 38.3 Å². The molecule has 1 aliphatic carbocycles. The van der Waals surface area contributed by atoms with E-state index in [9.17, 15) is 14.4 Å². The summed E-state index contributed by atoms with van der Waals surface area (Å²) in [5.41, 5.74) is 10.9. The number of fused-ring (bicyclic) bond motifs is 1. The first-order valence-corrected chi connectivity index (χ1v) is 22.8. The molecular formula is C46H64N8O6S. The van der Waals surface area contributed by atoms with E-state index in [4.69, 9.17) is 24.2 Å². The molecule has 1 aromatic carbocycles. The van der Waals surface area contributed by atoms with Gasteiger partial charge in [-0.05, 0) is 69.2 Å². The maximum absolute atomic E-state index is 13.8. The number of ether oxygens (including phenoxy) is 3. The molecule has 5 heterocycles. The highest BCUT2D eigenvalue weighted by Crippen LogP contribution is 2.43. The van der Waals surface area contributed by atoms with Crippen LogP contribution >= 0.6 is 11.3 Å². The average molecular weight is 857 g/mol. The van der Waals surface area contributed by atoms with Crippen molar-refractivity contribution in [3.05, 3.63) is 52.1 Å². The van der Waals surface area contributed by atoms with Gasteiger partial charge in [0.2, 0.25) is 5.91 Å². The van der Waals surface area contributed by atoms with Gasteiger partial charge in [0, 0.05) is 112 Å². The molecule has 3 aliphatic rings. The van der Waals surface area contributed by atoms with Gasteiger partial charge in [0.25, 0.3) is 12.4 Å². The van der Waals surface area contributed by atoms with Gasteiger partial charge < -0.3 is 29.0 Å². The number of carbonyl (C=O) groups excluding carboxylic acids is 3. The Bertz CT molecular complexity index is 2160. The third-order valence-corrected chi connectivity index (χ3v) is 13.5. The van der Waals surface area contributed by atoms with Gasteiger partial charge in [-0.15, -0.1) is 11.3 Å². The normalized spacial score (nSPS) is 19.5. The fourth-order valence-electron chi connectivity index (χ4n) is 8.84. The lowest BCUT2D eigenvalue weighted by atomic mass is 9.84. The Hall–Kier alpha value is -4.41. The predicted octanol–water partition coefficient (Wildman–Crippen LogP) is 5.87. The third kappa shape index (κ3) is 10.3. The predicted molar refractivity (Wildman–Crippen MR) is 239 cm³/mol. The largest absolute Gasteiger partial charge is 0.467 e. The van der Waals surface area contributed by atoms with E-state index in [1.165, 1.54) is 11.3 Å². The lowest BCUT2D eigenvalue weighted by Gasteiger charge is -2.36. The number of amides is 2. The quantitative estimate of drug-likeness (QED) is 0.109. The second-order valence-corrected chi connectivity index (χ2v) is 18.6. The van der Waals surface area contributed by atoms with Gasteiger partial charge >= 0.3 is 0 Å². The minimum Gasteiger partial charge on any atom is -0.467 e. The smallest absolute Gasteiger partial charge is 0.293 e. The van der Waals surface area contributed by atoms with Crippen LogP contribution in [0.3, 0.4) is 0 Å². The number of aromatic nitrogens is 3. The van der Waals surface area contributed by atoms with Crippen LogP contribution in [-0.4, -0.2) is 122 Å². The van der Waals surface area contributed by atoms with Gasteiger partial charge in [-0.1, -0.05) is 26.8 Å². The number of carbonyl (C=O) groups is 3. The molecule has 15 heteroatoms. The number of nitrogens with one attached hydrogen (secondary N) is 2. The van der Waals surface area contributed by atoms with Crippen LogP contribution in [0.1, 0.15) is 76.3 Å². The van der Waals surface area contributed by atoms with Gasteiger partial charge in [0.05, 0.1) is 53.3 Å². The summed E-state index contributed by atoms with van der Waals surface area (Å²) in [4.78, 5) is 53.5. The number of benzene rings is 1. The molecule has 1 unspecified atom stereocenters. The van der Waals surface area contributed by atoms with Crippen molar-refractivity contribution in [1.82, 2.24) is 35.2 Å². The van der Waals surface area contributed by atoms with Crippen LogP contribution in [0.4, 0.5) is 5.69 Å². The standard InChI is InChI=1S/C46H64N8O6S/c1-8-53-40-12-11-32(39-27-61-41(49-39)24-38(50-44(56)34-21-30(34)2)45(57)54-14-10-9-13-48-54)22-35(40)37(25-46(4,5)28-60-29-55)43(53)36-23-33(26-47-42(36)31(3)59-7)52-17-15-51(16-18-52)19-20-58-6/h11-12,22-23,26-27,29-31,34,38,48H,8-10,13-21,24-25,28H2,1-7H3,(H,50,56)/t30-,31-,34-,38?/m0/s1. The Kier molecular flexibility index (Phi) is 14.5. The fraction of sp³-hybridized carbons (Fsp3) is 0.587. The number of anilines is 1. The van der Waals surface area contributed by atoms with Gasteiger partial charge in [-0.3, -0.25) is 29.3 Å². The molecule has 0 bridgehead atoms. The number of aryl methyl sites for hydroxylation is 1. The van der Waals surface area contributed by atoms with E-state index in [0.717, 1.165) is 121 Å². The van der Waals surface area contributed by atoms with E-state index in [1.807, 2.05) is 18.5 Å². The fourth-order valence-corrected chi connectivity index (χ4v) is 9.69. The molecule has 1 saturated carbocycles. The monoisotopic (exact) mass is 856 g/mol. The second kappa shape index (κ2) is 19.7. The van der Waals surface area contributed by atoms with Crippen molar-refractivity contribution < 1.29 is 28.6 Å².